The van der Waals surface area contributed by atoms with Crippen molar-refractivity contribution in [3.8, 4) is 17.2 Å². The predicted molar refractivity (Wildman–Crippen MR) is 113 cm³/mol. The number of benzene rings is 2. The summed E-state index contributed by atoms with van der Waals surface area (Å²) in [5.74, 6) is 1.24. The first-order valence-corrected chi connectivity index (χ1v) is 9.96. The molecule has 1 fully saturated rings. The lowest BCUT2D eigenvalue weighted by molar-refractivity contribution is 0.0937. The topological polar surface area (TPSA) is 60.0 Å². The van der Waals surface area contributed by atoms with Gasteiger partial charge >= 0.3 is 0 Å². The van der Waals surface area contributed by atoms with Gasteiger partial charge in [0.25, 0.3) is 5.91 Å². The molecule has 1 unspecified atom stereocenters. The third-order valence-corrected chi connectivity index (χ3v) is 5.51. The molecule has 2 aromatic rings. The zero-order valence-electron chi connectivity index (χ0n) is 17.7. The Morgan fingerprint density at radius 3 is 2.21 bits per heavy atom. The van der Waals surface area contributed by atoms with E-state index in [0.29, 0.717) is 29.4 Å². The fraction of sp³-hybridized carbons (Fsp3) is 0.435. The molecule has 3 rings (SSSR count). The molecule has 0 radical (unpaired) electrons. The van der Waals surface area contributed by atoms with Gasteiger partial charge in [0.1, 0.15) is 0 Å². The molecule has 0 spiro atoms. The first-order chi connectivity index (χ1) is 14.1. The molecule has 0 aliphatic carbocycles. The Balaban J connectivity index is 1.81. The Morgan fingerprint density at radius 1 is 1.03 bits per heavy atom. The van der Waals surface area contributed by atoms with Gasteiger partial charge in [0.05, 0.1) is 27.4 Å². The third kappa shape index (κ3) is 4.65. The highest BCUT2D eigenvalue weighted by molar-refractivity contribution is 5.95. The van der Waals surface area contributed by atoms with Crippen LogP contribution in [0.4, 0.5) is 0 Å². The van der Waals surface area contributed by atoms with Crippen molar-refractivity contribution < 1.29 is 19.0 Å². The van der Waals surface area contributed by atoms with Gasteiger partial charge in [-0.2, -0.15) is 0 Å². The van der Waals surface area contributed by atoms with Crippen LogP contribution in [0, 0.1) is 6.92 Å². The molecule has 1 saturated heterocycles. The standard InChI is InChI=1S/C23H30N2O4/c1-16-9-5-6-10-18(16)19(25-11-7-8-12-25)15-24-23(26)17-13-20(27-2)22(29-4)21(14-17)28-3/h5-6,9-10,13-14,19H,7-8,11-12,15H2,1-4H3,(H,24,26). The second kappa shape index (κ2) is 9.65. The van der Waals surface area contributed by atoms with Gasteiger partial charge < -0.3 is 19.5 Å². The van der Waals surface area contributed by atoms with E-state index < -0.39 is 0 Å². The molecule has 0 aromatic heterocycles. The van der Waals surface area contributed by atoms with Crippen LogP contribution in [0.3, 0.4) is 0 Å². The van der Waals surface area contributed by atoms with Crippen molar-refractivity contribution in [2.45, 2.75) is 25.8 Å². The van der Waals surface area contributed by atoms with Crippen molar-refractivity contribution in [1.82, 2.24) is 10.2 Å². The van der Waals surface area contributed by atoms with E-state index in [4.69, 9.17) is 14.2 Å². The van der Waals surface area contributed by atoms with Crippen LogP contribution < -0.4 is 19.5 Å². The van der Waals surface area contributed by atoms with E-state index in [1.165, 1.54) is 24.0 Å². The van der Waals surface area contributed by atoms with Gasteiger partial charge in [-0.15, -0.1) is 0 Å². The molecule has 156 valence electrons. The smallest absolute Gasteiger partial charge is 0.251 e. The van der Waals surface area contributed by atoms with Crippen molar-refractivity contribution >= 4 is 5.91 Å². The van der Waals surface area contributed by atoms with Crippen LogP contribution in [-0.4, -0.2) is 51.8 Å². The zero-order chi connectivity index (χ0) is 20.8. The lowest BCUT2D eigenvalue weighted by Gasteiger charge is -2.29. The average molecular weight is 399 g/mol. The number of carbonyl (C=O) groups is 1. The third-order valence-electron chi connectivity index (χ3n) is 5.51. The Kier molecular flexibility index (Phi) is 6.99. The molecule has 1 atom stereocenters. The van der Waals surface area contributed by atoms with Crippen molar-refractivity contribution in [2.75, 3.05) is 41.0 Å². The maximum atomic E-state index is 12.9. The second-order valence-electron chi connectivity index (χ2n) is 7.24. The maximum absolute atomic E-state index is 12.9. The molecule has 6 nitrogen and oxygen atoms in total. The number of likely N-dealkylation sites (tertiary alicyclic amines) is 1. The number of nitrogens with zero attached hydrogens (tertiary/aromatic N) is 1. The molecule has 1 aliphatic heterocycles. The molecule has 6 heteroatoms. The van der Waals surface area contributed by atoms with E-state index in [-0.39, 0.29) is 11.9 Å². The van der Waals surface area contributed by atoms with Crippen LogP contribution in [0.5, 0.6) is 17.2 Å². The van der Waals surface area contributed by atoms with Crippen LogP contribution in [-0.2, 0) is 0 Å². The minimum atomic E-state index is -0.165. The summed E-state index contributed by atoms with van der Waals surface area (Å²) in [6.07, 6.45) is 2.40. The van der Waals surface area contributed by atoms with Crippen molar-refractivity contribution in [3.63, 3.8) is 0 Å². The van der Waals surface area contributed by atoms with Crippen LogP contribution >= 0.6 is 0 Å². The van der Waals surface area contributed by atoms with Gasteiger partial charge in [-0.05, 0) is 56.1 Å². The summed E-state index contributed by atoms with van der Waals surface area (Å²) in [7, 11) is 4.63. The molecule has 2 aromatic carbocycles. The number of hydrogen-bond acceptors (Lipinski definition) is 5. The summed E-state index contributed by atoms with van der Waals surface area (Å²) in [6, 6.07) is 11.9. The summed E-state index contributed by atoms with van der Waals surface area (Å²) in [5, 5.41) is 3.11. The second-order valence-corrected chi connectivity index (χ2v) is 7.24. The first-order valence-electron chi connectivity index (χ1n) is 9.96. The minimum Gasteiger partial charge on any atom is -0.493 e. The van der Waals surface area contributed by atoms with E-state index in [1.807, 2.05) is 6.07 Å². The molecule has 1 N–H and O–H groups in total. The van der Waals surface area contributed by atoms with Gasteiger partial charge in [0.15, 0.2) is 11.5 Å². The van der Waals surface area contributed by atoms with Gasteiger partial charge in [-0.25, -0.2) is 0 Å². The summed E-state index contributed by atoms with van der Waals surface area (Å²) < 4.78 is 16.1. The highest BCUT2D eigenvalue weighted by Gasteiger charge is 2.25. The van der Waals surface area contributed by atoms with Crippen LogP contribution in [0.15, 0.2) is 36.4 Å². The van der Waals surface area contributed by atoms with E-state index in [1.54, 1.807) is 33.5 Å². The normalized spacial score (nSPS) is 15.0. The van der Waals surface area contributed by atoms with E-state index in [0.717, 1.165) is 13.1 Å². The van der Waals surface area contributed by atoms with E-state index in [9.17, 15) is 4.79 Å². The number of carbonyl (C=O) groups excluding carboxylic acids is 1. The first kappa shape index (κ1) is 21.0. The van der Waals surface area contributed by atoms with Crippen molar-refractivity contribution in [3.05, 3.63) is 53.1 Å². The van der Waals surface area contributed by atoms with Gasteiger partial charge in [0.2, 0.25) is 5.75 Å². The molecule has 1 amide bonds. The quantitative estimate of drug-likeness (QED) is 0.736. The summed E-state index contributed by atoms with van der Waals surface area (Å²) >= 11 is 0. The van der Waals surface area contributed by atoms with Crippen LogP contribution in [0.25, 0.3) is 0 Å². The summed E-state index contributed by atoms with van der Waals surface area (Å²) in [4.78, 5) is 15.4. The van der Waals surface area contributed by atoms with E-state index in [2.05, 4.69) is 35.3 Å². The largest absolute Gasteiger partial charge is 0.493 e. The Bertz CT molecular complexity index is 822. The molecule has 0 saturated carbocycles. The molecular weight excluding hydrogens is 368 g/mol. The molecule has 29 heavy (non-hydrogen) atoms. The number of nitrogens with one attached hydrogen (secondary N) is 1. The molecule has 1 heterocycles. The van der Waals surface area contributed by atoms with Crippen LogP contribution in [0.1, 0.15) is 40.4 Å². The Morgan fingerprint density at radius 2 is 1.66 bits per heavy atom. The number of aryl methyl sites for hydroxylation is 1. The maximum Gasteiger partial charge on any atom is 0.251 e. The fourth-order valence-corrected chi connectivity index (χ4v) is 3.95. The zero-order valence-corrected chi connectivity index (χ0v) is 17.7. The van der Waals surface area contributed by atoms with Crippen LogP contribution in [0.2, 0.25) is 0 Å². The lowest BCUT2D eigenvalue weighted by Crippen LogP contribution is -2.37. The number of ether oxygens (including phenoxy) is 3. The fourth-order valence-electron chi connectivity index (χ4n) is 3.95. The SMILES string of the molecule is COc1cc(C(=O)NCC(c2ccccc2C)N2CCCC2)cc(OC)c1OC. The number of rotatable bonds is 8. The molecular formula is C23H30N2O4. The van der Waals surface area contributed by atoms with Gasteiger partial charge in [-0.1, -0.05) is 24.3 Å². The van der Waals surface area contributed by atoms with Crippen molar-refractivity contribution in [2.24, 2.45) is 0 Å². The molecule has 1 aliphatic rings. The number of amides is 1. The Labute approximate surface area is 172 Å². The van der Waals surface area contributed by atoms with Crippen molar-refractivity contribution in [1.29, 1.82) is 0 Å². The highest BCUT2D eigenvalue weighted by Crippen LogP contribution is 2.38. The average Bonchev–Trinajstić information content (AvgIpc) is 3.28. The molecule has 0 bridgehead atoms. The lowest BCUT2D eigenvalue weighted by atomic mass is 10.00. The number of methoxy groups -OCH3 is 3. The summed E-state index contributed by atoms with van der Waals surface area (Å²) in [5.41, 5.74) is 2.98. The van der Waals surface area contributed by atoms with Gasteiger partial charge in [0, 0.05) is 12.1 Å². The predicted octanol–water partition coefficient (Wildman–Crippen LogP) is 3.59. The minimum absolute atomic E-state index is 0.157. The Hall–Kier alpha value is -2.73. The van der Waals surface area contributed by atoms with Gasteiger partial charge in [-0.3, -0.25) is 9.69 Å². The monoisotopic (exact) mass is 398 g/mol. The highest BCUT2D eigenvalue weighted by atomic mass is 16.5. The number of hydrogen-bond donors (Lipinski definition) is 1. The summed E-state index contributed by atoms with van der Waals surface area (Å²) in [6.45, 7) is 4.78. The van der Waals surface area contributed by atoms with E-state index >= 15 is 0 Å².